The van der Waals surface area contributed by atoms with E-state index >= 15 is 0 Å². The molecule has 0 aromatic rings. The number of carbonyl (C=O) groups is 1. The molecule has 1 saturated carbocycles. The van der Waals surface area contributed by atoms with Crippen molar-refractivity contribution in [1.29, 1.82) is 0 Å². The first kappa shape index (κ1) is 11.6. The van der Waals surface area contributed by atoms with Gasteiger partial charge in [0.15, 0.2) is 0 Å². The lowest BCUT2D eigenvalue weighted by molar-refractivity contribution is -0.143. The molecule has 0 aromatic carbocycles. The molecular weight excluding hydrogens is 177 g/mol. The van der Waals surface area contributed by atoms with Gasteiger partial charge in [-0.2, -0.15) is 0 Å². The molecule has 0 bridgehead atoms. The Balaban J connectivity index is 2.48. The summed E-state index contributed by atoms with van der Waals surface area (Å²) in [6.07, 6.45) is 4.22. The highest BCUT2D eigenvalue weighted by molar-refractivity contribution is 6.08. The van der Waals surface area contributed by atoms with E-state index < -0.39 is 5.97 Å². The van der Waals surface area contributed by atoms with Crippen LogP contribution in [-0.4, -0.2) is 25.5 Å². The minimum atomic E-state index is -0.664. The molecule has 1 fully saturated rings. The van der Waals surface area contributed by atoms with Crippen LogP contribution in [-0.2, 0) is 4.79 Å². The topological polar surface area (TPSA) is 63.3 Å². The van der Waals surface area contributed by atoms with Gasteiger partial charge in [-0.05, 0) is 31.2 Å². The number of aliphatic carboxylic acids is 1. The summed E-state index contributed by atoms with van der Waals surface area (Å²) in [5.41, 5.74) is 5.57. The van der Waals surface area contributed by atoms with Gasteiger partial charge >= 0.3 is 5.97 Å². The number of nitrogens with two attached hydrogens (primary N) is 1. The van der Waals surface area contributed by atoms with Crippen LogP contribution >= 0.6 is 0 Å². The fourth-order valence-corrected chi connectivity index (χ4v) is 2.43. The standard InChI is InChI=1S/C10H18BNO2/c11-3-1-2-8-4-7(6-12)5-9(8)10(13)14/h7-9H,1-6,12H2,(H,13,14)/t7-,8-,9+/m0/s1. The van der Waals surface area contributed by atoms with Crippen molar-refractivity contribution in [1.82, 2.24) is 0 Å². The van der Waals surface area contributed by atoms with Crippen molar-refractivity contribution in [2.24, 2.45) is 23.5 Å². The number of rotatable bonds is 5. The van der Waals surface area contributed by atoms with Crippen LogP contribution in [0.4, 0.5) is 0 Å². The molecule has 0 aliphatic heterocycles. The van der Waals surface area contributed by atoms with Crippen molar-refractivity contribution in [3.63, 3.8) is 0 Å². The molecule has 3 N–H and O–H groups in total. The highest BCUT2D eigenvalue weighted by Crippen LogP contribution is 2.38. The van der Waals surface area contributed by atoms with E-state index in [4.69, 9.17) is 18.7 Å². The van der Waals surface area contributed by atoms with Crippen LogP contribution in [0.2, 0.25) is 6.32 Å². The van der Waals surface area contributed by atoms with Crippen molar-refractivity contribution in [3.8, 4) is 0 Å². The third-order valence-electron chi connectivity index (χ3n) is 3.22. The molecule has 1 aliphatic carbocycles. The lowest BCUT2D eigenvalue weighted by Gasteiger charge is -2.14. The van der Waals surface area contributed by atoms with Gasteiger partial charge < -0.3 is 10.8 Å². The van der Waals surface area contributed by atoms with E-state index in [9.17, 15) is 4.79 Å². The summed E-state index contributed by atoms with van der Waals surface area (Å²) in [4.78, 5) is 11.0. The second-order valence-electron chi connectivity index (χ2n) is 4.21. The average molecular weight is 195 g/mol. The fourth-order valence-electron chi connectivity index (χ4n) is 2.43. The molecule has 0 amide bonds. The predicted molar refractivity (Wildman–Crippen MR) is 56.2 cm³/mol. The monoisotopic (exact) mass is 195 g/mol. The Morgan fingerprint density at radius 2 is 2.21 bits per heavy atom. The molecule has 4 heteroatoms. The van der Waals surface area contributed by atoms with Gasteiger partial charge in [0.2, 0.25) is 0 Å². The molecule has 1 rings (SSSR count). The van der Waals surface area contributed by atoms with E-state index in [1.165, 1.54) is 0 Å². The quantitative estimate of drug-likeness (QED) is 0.644. The first-order valence-electron chi connectivity index (χ1n) is 5.32. The van der Waals surface area contributed by atoms with E-state index in [0.717, 1.165) is 25.7 Å². The van der Waals surface area contributed by atoms with Crippen LogP contribution in [0.15, 0.2) is 0 Å². The molecule has 0 unspecified atom stereocenters. The number of hydrogen-bond donors (Lipinski definition) is 2. The summed E-state index contributed by atoms with van der Waals surface area (Å²) in [7, 11) is 5.42. The molecule has 0 aromatic heterocycles. The average Bonchev–Trinajstić information content (AvgIpc) is 2.58. The zero-order valence-electron chi connectivity index (χ0n) is 8.48. The van der Waals surface area contributed by atoms with E-state index in [2.05, 4.69) is 0 Å². The van der Waals surface area contributed by atoms with Gasteiger partial charge in [-0.3, -0.25) is 4.79 Å². The Morgan fingerprint density at radius 3 is 2.71 bits per heavy atom. The predicted octanol–water partition coefficient (Wildman–Crippen LogP) is 1.04. The number of carboxylic acids is 1. The largest absolute Gasteiger partial charge is 0.481 e. The van der Waals surface area contributed by atoms with E-state index in [0.29, 0.717) is 24.7 Å². The summed E-state index contributed by atoms with van der Waals surface area (Å²) in [6.45, 7) is 0.614. The van der Waals surface area contributed by atoms with E-state index in [1.807, 2.05) is 0 Å². The first-order valence-corrected chi connectivity index (χ1v) is 5.32. The zero-order valence-corrected chi connectivity index (χ0v) is 8.48. The molecule has 3 atom stereocenters. The Morgan fingerprint density at radius 1 is 1.50 bits per heavy atom. The summed E-state index contributed by atoms with van der Waals surface area (Å²) in [5.74, 6) is -0.151. The Bertz CT molecular complexity index is 199. The zero-order chi connectivity index (χ0) is 10.6. The molecule has 0 heterocycles. The van der Waals surface area contributed by atoms with Crippen molar-refractivity contribution in [2.75, 3.05) is 6.54 Å². The minimum absolute atomic E-state index is 0.185. The molecule has 3 nitrogen and oxygen atoms in total. The highest BCUT2D eigenvalue weighted by atomic mass is 16.4. The number of hydrogen-bond acceptors (Lipinski definition) is 2. The third-order valence-corrected chi connectivity index (χ3v) is 3.22. The SMILES string of the molecule is [B]CCC[C@H]1C[C@H](CN)C[C@H]1C(=O)O. The lowest BCUT2D eigenvalue weighted by Crippen LogP contribution is -2.18. The van der Waals surface area contributed by atoms with E-state index in [-0.39, 0.29) is 5.92 Å². The van der Waals surface area contributed by atoms with Crippen LogP contribution in [0.1, 0.15) is 25.7 Å². The van der Waals surface area contributed by atoms with Crippen LogP contribution in [0.5, 0.6) is 0 Å². The molecule has 0 saturated heterocycles. The Kier molecular flexibility index (Phi) is 4.46. The van der Waals surface area contributed by atoms with Crippen molar-refractivity contribution >= 4 is 13.8 Å². The van der Waals surface area contributed by atoms with Gasteiger partial charge in [0.25, 0.3) is 0 Å². The van der Waals surface area contributed by atoms with Crippen LogP contribution < -0.4 is 5.73 Å². The van der Waals surface area contributed by atoms with E-state index in [1.54, 1.807) is 0 Å². The Hall–Kier alpha value is -0.505. The highest BCUT2D eigenvalue weighted by Gasteiger charge is 2.37. The number of carboxylic acid groups (broad SMARTS) is 1. The molecule has 2 radical (unpaired) electrons. The van der Waals surface area contributed by atoms with Crippen LogP contribution in [0.25, 0.3) is 0 Å². The molecule has 0 spiro atoms. The summed E-state index contributed by atoms with van der Waals surface area (Å²) < 4.78 is 0. The smallest absolute Gasteiger partial charge is 0.306 e. The summed E-state index contributed by atoms with van der Waals surface area (Å²) in [5, 5.41) is 9.02. The third kappa shape index (κ3) is 2.74. The van der Waals surface area contributed by atoms with Crippen LogP contribution in [0, 0.1) is 17.8 Å². The maximum atomic E-state index is 11.0. The molecule has 1 aliphatic rings. The second-order valence-corrected chi connectivity index (χ2v) is 4.21. The van der Waals surface area contributed by atoms with Gasteiger partial charge in [0.1, 0.15) is 0 Å². The van der Waals surface area contributed by atoms with Gasteiger partial charge in [-0.1, -0.05) is 19.2 Å². The van der Waals surface area contributed by atoms with Crippen molar-refractivity contribution in [2.45, 2.75) is 32.0 Å². The summed E-state index contributed by atoms with van der Waals surface area (Å²) >= 11 is 0. The fraction of sp³-hybridized carbons (Fsp3) is 0.900. The minimum Gasteiger partial charge on any atom is -0.481 e. The van der Waals surface area contributed by atoms with Crippen LogP contribution in [0.3, 0.4) is 0 Å². The normalized spacial score (nSPS) is 31.9. The molecular formula is C10H18BNO2. The molecule has 78 valence electrons. The van der Waals surface area contributed by atoms with Gasteiger partial charge in [0, 0.05) is 0 Å². The first-order chi connectivity index (χ1) is 6.69. The van der Waals surface area contributed by atoms with Gasteiger partial charge in [-0.25, -0.2) is 0 Å². The Labute approximate surface area is 86.5 Å². The molecule has 14 heavy (non-hydrogen) atoms. The van der Waals surface area contributed by atoms with Crippen molar-refractivity contribution < 1.29 is 9.90 Å². The maximum absolute atomic E-state index is 11.0. The van der Waals surface area contributed by atoms with Crippen molar-refractivity contribution in [3.05, 3.63) is 0 Å². The lowest BCUT2D eigenvalue weighted by atomic mass is 9.88. The maximum Gasteiger partial charge on any atom is 0.306 e. The van der Waals surface area contributed by atoms with Gasteiger partial charge in [-0.15, -0.1) is 0 Å². The second kappa shape index (κ2) is 5.39. The van der Waals surface area contributed by atoms with Gasteiger partial charge in [0.05, 0.1) is 13.8 Å². The summed E-state index contributed by atoms with van der Waals surface area (Å²) in [6, 6.07) is 0.